The number of allylic oxidation sites excluding steroid dienone is 1. The molecule has 166 valence electrons. The molecule has 2 aromatic carbocycles. The summed E-state index contributed by atoms with van der Waals surface area (Å²) in [7, 11) is 1.46. The van der Waals surface area contributed by atoms with E-state index in [1.165, 1.54) is 25.3 Å². The molecule has 0 fully saturated rings. The lowest BCUT2D eigenvalue weighted by atomic mass is 9.94. The molecule has 0 spiro atoms. The zero-order chi connectivity index (χ0) is 22.8. The van der Waals surface area contributed by atoms with Crippen LogP contribution in [0.15, 0.2) is 52.7 Å². The number of phenols is 1. The van der Waals surface area contributed by atoms with Crippen molar-refractivity contribution in [2.75, 3.05) is 13.7 Å². The Bertz CT molecular complexity index is 1190. The number of hydrogen-bond acceptors (Lipinski definition) is 6. The number of aromatic hydroxyl groups is 1. The number of methoxy groups -OCH3 is 1. The van der Waals surface area contributed by atoms with Crippen LogP contribution in [0.1, 0.15) is 37.8 Å². The molecule has 2 heterocycles. The number of halogens is 1. The number of benzene rings is 2. The normalized spacial score (nSPS) is 16.3. The van der Waals surface area contributed by atoms with Gasteiger partial charge in [-0.2, -0.15) is 4.98 Å². The van der Waals surface area contributed by atoms with E-state index in [0.29, 0.717) is 34.7 Å². The first-order chi connectivity index (χ1) is 15.4. The fourth-order valence-electron chi connectivity index (χ4n) is 3.77. The Morgan fingerprint density at radius 2 is 2.09 bits per heavy atom. The third-order valence-electron chi connectivity index (χ3n) is 5.32. The Balaban J connectivity index is 1.82. The van der Waals surface area contributed by atoms with Gasteiger partial charge in [-0.15, -0.1) is 0 Å². The number of urea groups is 1. The minimum atomic E-state index is -0.645. The van der Waals surface area contributed by atoms with Crippen LogP contribution in [-0.4, -0.2) is 39.8 Å². The van der Waals surface area contributed by atoms with Gasteiger partial charge in [0.05, 0.1) is 18.7 Å². The highest BCUT2D eigenvalue weighted by molar-refractivity contribution is 5.87. The average Bonchev–Trinajstić information content (AvgIpc) is 3.26. The highest BCUT2D eigenvalue weighted by Crippen LogP contribution is 2.39. The standard InChI is InChI=1S/C23H23FN4O4/c1-4-10-28-13(2)19(22-26-21(27-32-22)15-6-5-7-16(24)11-15)20(25-23(28)30)14-8-9-18(31-3)17(29)12-14/h5-9,11-12,20,29H,4,10H2,1-3H3,(H,25,30). The van der Waals surface area contributed by atoms with E-state index in [4.69, 9.17) is 9.26 Å². The third-order valence-corrected chi connectivity index (χ3v) is 5.32. The number of phenolic OH excluding ortho intramolecular Hbond substituents is 1. The smallest absolute Gasteiger partial charge is 0.322 e. The Hall–Kier alpha value is -3.88. The molecule has 9 heteroatoms. The Labute approximate surface area is 184 Å². The summed E-state index contributed by atoms with van der Waals surface area (Å²) in [6, 6.07) is 9.89. The molecule has 0 saturated carbocycles. The maximum absolute atomic E-state index is 13.7. The van der Waals surface area contributed by atoms with Gasteiger partial charge in [0, 0.05) is 17.8 Å². The van der Waals surface area contributed by atoms with Crippen LogP contribution >= 0.6 is 0 Å². The largest absolute Gasteiger partial charge is 0.504 e. The van der Waals surface area contributed by atoms with Gasteiger partial charge in [0.2, 0.25) is 5.82 Å². The van der Waals surface area contributed by atoms with Crippen molar-refractivity contribution >= 4 is 11.6 Å². The Morgan fingerprint density at radius 3 is 2.78 bits per heavy atom. The van der Waals surface area contributed by atoms with Gasteiger partial charge in [-0.25, -0.2) is 9.18 Å². The number of carbonyl (C=O) groups is 1. The molecule has 1 aliphatic rings. The number of carbonyl (C=O) groups excluding carboxylic acids is 1. The van der Waals surface area contributed by atoms with E-state index < -0.39 is 11.9 Å². The van der Waals surface area contributed by atoms with Crippen molar-refractivity contribution in [3.05, 3.63) is 65.4 Å². The number of nitrogens with zero attached hydrogens (tertiary/aromatic N) is 3. The van der Waals surface area contributed by atoms with Crippen LogP contribution in [0.3, 0.4) is 0 Å². The molecule has 0 radical (unpaired) electrons. The van der Waals surface area contributed by atoms with Gasteiger partial charge in [-0.1, -0.05) is 30.3 Å². The van der Waals surface area contributed by atoms with Gasteiger partial charge in [-0.3, -0.25) is 4.90 Å². The number of rotatable bonds is 6. The van der Waals surface area contributed by atoms with Crippen molar-refractivity contribution in [1.82, 2.24) is 20.4 Å². The zero-order valence-corrected chi connectivity index (χ0v) is 17.9. The second kappa shape index (κ2) is 8.70. The summed E-state index contributed by atoms with van der Waals surface area (Å²) < 4.78 is 24.3. The molecule has 1 unspecified atom stereocenters. The first-order valence-electron chi connectivity index (χ1n) is 10.2. The molecule has 1 aromatic heterocycles. The zero-order valence-electron chi connectivity index (χ0n) is 17.9. The number of amides is 2. The van der Waals surface area contributed by atoms with E-state index in [9.17, 15) is 14.3 Å². The maximum atomic E-state index is 13.7. The first kappa shape index (κ1) is 21.4. The molecular weight excluding hydrogens is 415 g/mol. The van der Waals surface area contributed by atoms with Crippen LogP contribution in [-0.2, 0) is 0 Å². The SMILES string of the molecule is CCCN1C(=O)NC(c2ccc(OC)c(O)c2)C(c2nc(-c3cccc(F)c3)no2)=C1C. The van der Waals surface area contributed by atoms with Crippen LogP contribution < -0.4 is 10.1 Å². The minimum absolute atomic E-state index is 0.0572. The quantitative estimate of drug-likeness (QED) is 0.588. The predicted molar refractivity (Wildman–Crippen MR) is 115 cm³/mol. The third kappa shape index (κ3) is 3.89. The second-order valence-corrected chi connectivity index (χ2v) is 7.40. The topological polar surface area (TPSA) is 101 Å². The Morgan fingerprint density at radius 1 is 1.28 bits per heavy atom. The molecule has 8 nitrogen and oxygen atoms in total. The Kier molecular flexibility index (Phi) is 5.81. The molecule has 2 amide bonds. The predicted octanol–water partition coefficient (Wildman–Crippen LogP) is 4.50. The highest BCUT2D eigenvalue weighted by atomic mass is 19.1. The van der Waals surface area contributed by atoms with Crippen LogP contribution in [0, 0.1) is 5.82 Å². The molecule has 32 heavy (non-hydrogen) atoms. The number of hydrogen-bond donors (Lipinski definition) is 2. The summed E-state index contributed by atoms with van der Waals surface area (Å²) in [5, 5.41) is 17.2. The number of aromatic nitrogens is 2. The summed E-state index contributed by atoms with van der Waals surface area (Å²) in [6.07, 6.45) is 0.754. The van der Waals surface area contributed by atoms with Gasteiger partial charge in [0.1, 0.15) is 5.82 Å². The molecule has 2 N–H and O–H groups in total. The van der Waals surface area contributed by atoms with E-state index in [-0.39, 0.29) is 23.5 Å². The fourth-order valence-corrected chi connectivity index (χ4v) is 3.77. The lowest BCUT2D eigenvalue weighted by Gasteiger charge is -2.35. The molecule has 3 aromatic rings. The fraction of sp³-hybridized carbons (Fsp3) is 0.261. The van der Waals surface area contributed by atoms with Crippen LogP contribution in [0.5, 0.6) is 11.5 Å². The van der Waals surface area contributed by atoms with Crippen molar-refractivity contribution in [2.45, 2.75) is 26.3 Å². The summed E-state index contributed by atoms with van der Waals surface area (Å²) >= 11 is 0. The molecule has 0 bridgehead atoms. The van der Waals surface area contributed by atoms with Gasteiger partial charge in [-0.05, 0) is 43.2 Å². The van der Waals surface area contributed by atoms with Crippen molar-refractivity contribution in [3.8, 4) is 22.9 Å². The lowest BCUT2D eigenvalue weighted by molar-refractivity contribution is 0.205. The van der Waals surface area contributed by atoms with Gasteiger partial charge in [0.25, 0.3) is 5.89 Å². The average molecular weight is 438 g/mol. The monoisotopic (exact) mass is 438 g/mol. The van der Waals surface area contributed by atoms with E-state index in [1.54, 1.807) is 29.2 Å². The maximum Gasteiger partial charge on any atom is 0.322 e. The lowest BCUT2D eigenvalue weighted by Crippen LogP contribution is -2.46. The van der Waals surface area contributed by atoms with Crippen molar-refractivity contribution in [1.29, 1.82) is 0 Å². The highest BCUT2D eigenvalue weighted by Gasteiger charge is 2.35. The molecule has 1 atom stereocenters. The van der Waals surface area contributed by atoms with Crippen LogP contribution in [0.25, 0.3) is 17.0 Å². The number of nitrogens with one attached hydrogen (secondary N) is 1. The minimum Gasteiger partial charge on any atom is -0.504 e. The molecule has 1 aliphatic heterocycles. The summed E-state index contributed by atoms with van der Waals surface area (Å²) in [6.45, 7) is 4.29. The molecule has 0 saturated heterocycles. The van der Waals surface area contributed by atoms with E-state index >= 15 is 0 Å². The second-order valence-electron chi connectivity index (χ2n) is 7.40. The van der Waals surface area contributed by atoms with Gasteiger partial charge >= 0.3 is 6.03 Å². The summed E-state index contributed by atoms with van der Waals surface area (Å²) in [5.74, 6) is 0.281. The van der Waals surface area contributed by atoms with Crippen molar-refractivity contribution in [2.24, 2.45) is 0 Å². The van der Waals surface area contributed by atoms with E-state index in [0.717, 1.165) is 6.42 Å². The molecular formula is C23H23FN4O4. The van der Waals surface area contributed by atoms with Crippen LogP contribution in [0.2, 0.25) is 0 Å². The van der Waals surface area contributed by atoms with Gasteiger partial charge < -0.3 is 19.7 Å². The van der Waals surface area contributed by atoms with Gasteiger partial charge in [0.15, 0.2) is 11.5 Å². The summed E-state index contributed by atoms with van der Waals surface area (Å²) in [5.41, 5.74) is 2.35. The van der Waals surface area contributed by atoms with Crippen LogP contribution in [0.4, 0.5) is 9.18 Å². The molecule has 0 aliphatic carbocycles. The van der Waals surface area contributed by atoms with E-state index in [2.05, 4.69) is 15.5 Å². The van der Waals surface area contributed by atoms with Crippen molar-refractivity contribution < 1.29 is 23.6 Å². The molecule has 4 rings (SSSR count). The first-order valence-corrected chi connectivity index (χ1v) is 10.2. The summed E-state index contributed by atoms with van der Waals surface area (Å²) in [4.78, 5) is 18.9. The van der Waals surface area contributed by atoms with Crippen molar-refractivity contribution in [3.63, 3.8) is 0 Å². The number of ether oxygens (including phenoxy) is 1. The van der Waals surface area contributed by atoms with E-state index in [1.807, 2.05) is 13.8 Å².